The van der Waals surface area contributed by atoms with Gasteiger partial charge in [-0.25, -0.2) is 9.37 Å². The Balaban J connectivity index is 1.46. The van der Waals surface area contributed by atoms with Crippen molar-refractivity contribution in [3.63, 3.8) is 0 Å². The summed E-state index contributed by atoms with van der Waals surface area (Å²) in [5.74, 6) is 1.13. The number of hydrogen-bond acceptors (Lipinski definition) is 5. The van der Waals surface area contributed by atoms with Crippen molar-refractivity contribution >= 4 is 10.9 Å². The first-order valence-electron chi connectivity index (χ1n) is 12.5. The molecule has 0 bridgehead atoms. The molecule has 2 N–H and O–H groups in total. The number of para-hydroxylation sites is 1. The second-order valence-corrected chi connectivity index (χ2v) is 9.75. The van der Waals surface area contributed by atoms with Crippen molar-refractivity contribution in [3.8, 4) is 11.6 Å². The van der Waals surface area contributed by atoms with Crippen molar-refractivity contribution in [1.82, 2.24) is 20.2 Å². The van der Waals surface area contributed by atoms with Crippen molar-refractivity contribution in [1.29, 1.82) is 0 Å². The lowest BCUT2D eigenvalue weighted by atomic mass is 9.88. The van der Waals surface area contributed by atoms with Crippen molar-refractivity contribution < 1.29 is 18.3 Å². The summed E-state index contributed by atoms with van der Waals surface area (Å²) < 4.78 is 38.9. The summed E-state index contributed by atoms with van der Waals surface area (Å²) in [5.41, 5.74) is 3.23. The van der Waals surface area contributed by atoms with Gasteiger partial charge in [-0.05, 0) is 50.8 Å². The van der Waals surface area contributed by atoms with Gasteiger partial charge in [0.05, 0.1) is 19.8 Å². The number of pyridine rings is 1. The van der Waals surface area contributed by atoms with E-state index in [-0.39, 0.29) is 18.8 Å². The zero-order valence-corrected chi connectivity index (χ0v) is 20.4. The minimum atomic E-state index is -1.12. The van der Waals surface area contributed by atoms with E-state index in [0.29, 0.717) is 57.1 Å². The lowest BCUT2D eigenvalue weighted by molar-refractivity contribution is 0.0954. The van der Waals surface area contributed by atoms with Crippen LogP contribution < -0.4 is 14.8 Å². The molecule has 1 saturated carbocycles. The topological polar surface area (TPSA) is 62.4 Å². The van der Waals surface area contributed by atoms with E-state index in [2.05, 4.69) is 45.3 Å². The van der Waals surface area contributed by atoms with Crippen LogP contribution >= 0.6 is 0 Å². The third kappa shape index (κ3) is 5.00. The second kappa shape index (κ2) is 10.1. The molecule has 0 radical (unpaired) electrons. The van der Waals surface area contributed by atoms with Crippen molar-refractivity contribution in [2.24, 2.45) is 0 Å². The predicted octanol–water partition coefficient (Wildman–Crippen LogP) is 4.74. The lowest BCUT2D eigenvalue weighted by Crippen LogP contribution is -2.46. The Morgan fingerprint density at radius 2 is 2.09 bits per heavy atom. The van der Waals surface area contributed by atoms with Crippen molar-refractivity contribution in [2.45, 2.75) is 50.4 Å². The average Bonchev–Trinajstić information content (AvgIpc) is 3.49. The van der Waals surface area contributed by atoms with Gasteiger partial charge in [0.2, 0.25) is 5.88 Å². The lowest BCUT2D eigenvalue weighted by Gasteiger charge is -2.42. The third-order valence-corrected chi connectivity index (χ3v) is 7.18. The molecule has 1 fully saturated rings. The summed E-state index contributed by atoms with van der Waals surface area (Å²) in [6, 6.07) is 10.1. The Bertz CT molecular complexity index is 1160. The second-order valence-electron chi connectivity index (χ2n) is 9.75. The van der Waals surface area contributed by atoms with Crippen LogP contribution in [0.15, 0.2) is 36.5 Å². The molecule has 3 aromatic rings. The first-order chi connectivity index (χ1) is 17.0. The molecular weight excluding hydrogens is 450 g/mol. The molecule has 2 atom stereocenters. The first-order valence-corrected chi connectivity index (χ1v) is 12.5. The molecule has 188 valence electrons. The summed E-state index contributed by atoms with van der Waals surface area (Å²) in [7, 11) is 1.64. The summed E-state index contributed by atoms with van der Waals surface area (Å²) >= 11 is 0. The molecule has 0 amide bonds. The monoisotopic (exact) mass is 484 g/mol. The van der Waals surface area contributed by atoms with Crippen LogP contribution in [0.2, 0.25) is 0 Å². The van der Waals surface area contributed by atoms with Crippen molar-refractivity contribution in [2.75, 3.05) is 40.0 Å². The minimum absolute atomic E-state index is 0.163. The van der Waals surface area contributed by atoms with Gasteiger partial charge in [-0.15, -0.1) is 0 Å². The number of halogens is 2. The van der Waals surface area contributed by atoms with Crippen LogP contribution in [0.5, 0.6) is 11.6 Å². The summed E-state index contributed by atoms with van der Waals surface area (Å²) in [5, 5.41) is 4.36. The molecule has 35 heavy (non-hydrogen) atoms. The molecule has 8 heteroatoms. The van der Waals surface area contributed by atoms with Gasteiger partial charge in [0, 0.05) is 53.6 Å². The summed E-state index contributed by atoms with van der Waals surface area (Å²) in [6.07, 6.45) is 4.38. The molecule has 0 saturated heterocycles. The van der Waals surface area contributed by atoms with E-state index in [1.165, 1.54) is 10.9 Å². The van der Waals surface area contributed by atoms with Crippen LogP contribution in [0.25, 0.3) is 10.9 Å². The average molecular weight is 485 g/mol. The molecular formula is C27H34F2N4O2. The SMILES string of the molecule is COc1cc(OCCNCCCF)ncc1[C@@H]1c2[nH]c3ccccc3c2C[C@@H](C)N1CC1(F)CC1. The van der Waals surface area contributed by atoms with E-state index >= 15 is 4.39 Å². The molecule has 6 nitrogen and oxygen atoms in total. The Hall–Kier alpha value is -2.71. The number of aromatic amines is 1. The number of H-pyrrole nitrogens is 1. The van der Waals surface area contributed by atoms with Gasteiger partial charge in [0.1, 0.15) is 18.0 Å². The number of nitrogens with one attached hydrogen (secondary N) is 2. The maximum Gasteiger partial charge on any atom is 0.217 e. The fourth-order valence-electron chi connectivity index (χ4n) is 5.14. The van der Waals surface area contributed by atoms with Gasteiger partial charge in [-0.3, -0.25) is 9.29 Å². The molecule has 0 spiro atoms. The number of alkyl halides is 2. The quantitative estimate of drug-likeness (QED) is 0.385. The number of rotatable bonds is 11. The minimum Gasteiger partial charge on any atom is -0.496 e. The number of ether oxygens (including phenoxy) is 2. The smallest absolute Gasteiger partial charge is 0.217 e. The normalized spacial score (nSPS) is 21.1. The van der Waals surface area contributed by atoms with E-state index < -0.39 is 5.67 Å². The highest BCUT2D eigenvalue weighted by Gasteiger charge is 2.48. The van der Waals surface area contributed by atoms with Gasteiger partial charge in [0.25, 0.3) is 0 Å². The number of aromatic nitrogens is 2. The van der Waals surface area contributed by atoms with Crippen molar-refractivity contribution in [3.05, 3.63) is 53.3 Å². The largest absolute Gasteiger partial charge is 0.496 e. The number of fused-ring (bicyclic) bond motifs is 3. The number of benzene rings is 1. The molecule has 3 heterocycles. The van der Waals surface area contributed by atoms with Crippen LogP contribution in [0.3, 0.4) is 0 Å². The standard InChI is InChI=1S/C27H34F2N4O2/c1-18-14-20-19-6-3-4-7-22(19)32-25(20)26(33(18)17-27(29)8-9-27)21-16-31-24(15-23(21)34-2)35-13-12-30-11-5-10-28/h3-4,6-7,15-16,18,26,30,32H,5,8-14,17H2,1-2H3/t18-,26-/m1/s1. The Labute approximate surface area is 205 Å². The maximum atomic E-state index is 15.1. The number of nitrogens with zero attached hydrogens (tertiary/aromatic N) is 2. The maximum absolute atomic E-state index is 15.1. The van der Waals surface area contributed by atoms with Gasteiger partial charge >= 0.3 is 0 Å². The zero-order valence-electron chi connectivity index (χ0n) is 20.4. The van der Waals surface area contributed by atoms with Crippen LogP contribution in [0, 0.1) is 0 Å². The Morgan fingerprint density at radius 3 is 2.86 bits per heavy atom. The Kier molecular flexibility index (Phi) is 6.93. The summed E-state index contributed by atoms with van der Waals surface area (Å²) in [6.45, 7) is 3.89. The third-order valence-electron chi connectivity index (χ3n) is 7.18. The van der Waals surface area contributed by atoms with E-state index in [1.54, 1.807) is 19.4 Å². The summed E-state index contributed by atoms with van der Waals surface area (Å²) in [4.78, 5) is 10.5. The van der Waals surface area contributed by atoms with E-state index in [9.17, 15) is 4.39 Å². The highest BCUT2D eigenvalue weighted by Crippen LogP contribution is 2.48. The van der Waals surface area contributed by atoms with E-state index in [0.717, 1.165) is 23.2 Å². The first kappa shape index (κ1) is 24.0. The van der Waals surface area contributed by atoms with E-state index in [1.807, 2.05) is 6.07 Å². The van der Waals surface area contributed by atoms with Gasteiger partial charge in [-0.2, -0.15) is 0 Å². The molecule has 1 aliphatic carbocycles. The fraction of sp³-hybridized carbons (Fsp3) is 0.519. The van der Waals surface area contributed by atoms with Crippen LogP contribution in [0.1, 0.15) is 49.0 Å². The highest BCUT2D eigenvalue weighted by atomic mass is 19.1. The van der Waals surface area contributed by atoms with Crippen LogP contribution in [0.4, 0.5) is 8.78 Å². The van der Waals surface area contributed by atoms with Gasteiger partial charge in [-0.1, -0.05) is 18.2 Å². The molecule has 0 unspecified atom stereocenters. The number of hydrogen-bond donors (Lipinski definition) is 2. The van der Waals surface area contributed by atoms with Crippen LogP contribution in [-0.4, -0.2) is 66.6 Å². The molecule has 2 aromatic heterocycles. The zero-order chi connectivity index (χ0) is 24.4. The molecule has 1 aliphatic heterocycles. The molecule has 2 aliphatic rings. The highest BCUT2D eigenvalue weighted by molar-refractivity contribution is 5.85. The van der Waals surface area contributed by atoms with Gasteiger partial charge in [0.15, 0.2) is 0 Å². The molecule has 1 aromatic carbocycles. The van der Waals surface area contributed by atoms with E-state index in [4.69, 9.17) is 9.47 Å². The molecule has 5 rings (SSSR count). The van der Waals surface area contributed by atoms with Crippen LogP contribution in [-0.2, 0) is 6.42 Å². The predicted molar refractivity (Wildman–Crippen MR) is 133 cm³/mol. The Morgan fingerprint density at radius 1 is 1.26 bits per heavy atom. The van der Waals surface area contributed by atoms with Gasteiger partial charge < -0.3 is 19.8 Å². The fourth-order valence-corrected chi connectivity index (χ4v) is 5.14. The number of methoxy groups -OCH3 is 1.